The Balaban J connectivity index is 2.20. The molecule has 21 heavy (non-hydrogen) atoms. The molecule has 2 nitrogen and oxygen atoms in total. The Morgan fingerprint density at radius 3 is 2.48 bits per heavy atom. The van der Waals surface area contributed by atoms with Crippen molar-refractivity contribution in [2.24, 2.45) is 5.92 Å². The molecule has 0 radical (unpaired) electrons. The largest absolute Gasteiger partial charge is 0.481 e. The van der Waals surface area contributed by atoms with Gasteiger partial charge in [-0.1, -0.05) is 23.7 Å². The lowest BCUT2D eigenvalue weighted by atomic mass is 9.92. The summed E-state index contributed by atoms with van der Waals surface area (Å²) < 4.78 is 26.4. The molecule has 0 aliphatic rings. The van der Waals surface area contributed by atoms with Gasteiger partial charge in [0.1, 0.15) is 11.6 Å². The van der Waals surface area contributed by atoms with Crippen LogP contribution in [0.2, 0.25) is 5.02 Å². The second kappa shape index (κ2) is 6.68. The smallest absolute Gasteiger partial charge is 0.307 e. The maximum atomic E-state index is 13.2. The van der Waals surface area contributed by atoms with Crippen LogP contribution in [0.3, 0.4) is 0 Å². The topological polar surface area (TPSA) is 37.3 Å². The van der Waals surface area contributed by atoms with Gasteiger partial charge in [0.2, 0.25) is 0 Å². The van der Waals surface area contributed by atoms with Crippen molar-refractivity contribution in [2.75, 3.05) is 0 Å². The zero-order chi connectivity index (χ0) is 15.4. The fraction of sp³-hybridized carbons (Fsp3) is 0.188. The summed E-state index contributed by atoms with van der Waals surface area (Å²) in [5, 5.41) is 9.62. The molecule has 0 spiro atoms. The molecule has 0 aliphatic carbocycles. The number of halogens is 3. The Morgan fingerprint density at radius 1 is 1.10 bits per heavy atom. The van der Waals surface area contributed by atoms with Gasteiger partial charge in [-0.3, -0.25) is 4.79 Å². The predicted molar refractivity (Wildman–Crippen MR) is 76.3 cm³/mol. The maximum absolute atomic E-state index is 13.2. The minimum Gasteiger partial charge on any atom is -0.481 e. The van der Waals surface area contributed by atoms with Gasteiger partial charge in [-0.25, -0.2) is 8.78 Å². The van der Waals surface area contributed by atoms with Crippen LogP contribution in [0, 0.1) is 17.6 Å². The molecule has 1 atom stereocenters. The molecule has 0 saturated heterocycles. The van der Waals surface area contributed by atoms with Gasteiger partial charge in [0.05, 0.1) is 5.92 Å². The highest BCUT2D eigenvalue weighted by Gasteiger charge is 2.20. The zero-order valence-electron chi connectivity index (χ0n) is 11.0. The summed E-state index contributed by atoms with van der Waals surface area (Å²) >= 11 is 5.95. The number of rotatable bonds is 5. The van der Waals surface area contributed by atoms with E-state index in [0.29, 0.717) is 16.1 Å². The van der Waals surface area contributed by atoms with Gasteiger partial charge in [0, 0.05) is 5.02 Å². The number of benzene rings is 2. The minimum atomic E-state index is -1.03. The highest BCUT2D eigenvalue weighted by atomic mass is 35.5. The van der Waals surface area contributed by atoms with E-state index >= 15 is 0 Å². The lowest BCUT2D eigenvalue weighted by Crippen LogP contribution is -2.19. The molecular formula is C16H13ClF2O2. The van der Waals surface area contributed by atoms with Crippen molar-refractivity contribution < 1.29 is 18.7 Å². The second-order valence-electron chi connectivity index (χ2n) is 4.81. The molecule has 2 rings (SSSR count). The van der Waals surface area contributed by atoms with Crippen LogP contribution in [0.15, 0.2) is 42.5 Å². The normalized spacial score (nSPS) is 12.1. The molecule has 1 N–H and O–H groups in total. The third-order valence-electron chi connectivity index (χ3n) is 3.19. The van der Waals surface area contributed by atoms with Gasteiger partial charge >= 0.3 is 5.97 Å². The third-order valence-corrected chi connectivity index (χ3v) is 3.56. The Labute approximate surface area is 126 Å². The first kappa shape index (κ1) is 15.4. The second-order valence-corrected chi connectivity index (χ2v) is 5.22. The quantitative estimate of drug-likeness (QED) is 0.902. The summed E-state index contributed by atoms with van der Waals surface area (Å²) in [6.45, 7) is 0. The number of aliphatic carboxylic acids is 1. The zero-order valence-corrected chi connectivity index (χ0v) is 11.8. The molecular weight excluding hydrogens is 298 g/mol. The van der Waals surface area contributed by atoms with Crippen LogP contribution < -0.4 is 0 Å². The molecule has 0 saturated carbocycles. The predicted octanol–water partition coefficient (Wildman–Crippen LogP) is 4.10. The lowest BCUT2D eigenvalue weighted by Gasteiger charge is -2.14. The Kier molecular flexibility index (Phi) is 4.91. The summed E-state index contributed by atoms with van der Waals surface area (Å²) in [5.41, 5.74) is 1.01. The van der Waals surface area contributed by atoms with Crippen LogP contribution >= 0.6 is 11.6 Å². The summed E-state index contributed by atoms with van der Waals surface area (Å²) in [6, 6.07) is 9.61. The summed E-state index contributed by atoms with van der Waals surface area (Å²) in [6.07, 6.45) is 0.238. The average Bonchev–Trinajstić information content (AvgIpc) is 2.42. The van der Waals surface area contributed by atoms with Crippen molar-refractivity contribution in [3.8, 4) is 0 Å². The van der Waals surface area contributed by atoms with Crippen LogP contribution in [0.5, 0.6) is 0 Å². The minimum absolute atomic E-state index is 0.0858. The Hall–Kier alpha value is -1.94. The summed E-state index contributed by atoms with van der Waals surface area (Å²) in [4.78, 5) is 11.4. The van der Waals surface area contributed by atoms with Crippen molar-refractivity contribution in [3.05, 3.63) is 70.2 Å². The molecule has 0 aliphatic heterocycles. The van der Waals surface area contributed by atoms with Crippen LogP contribution in [0.25, 0.3) is 0 Å². The van der Waals surface area contributed by atoms with E-state index in [1.807, 2.05) is 0 Å². The standard InChI is InChI=1S/C16H13ClF2O2/c17-15-5-4-14(19)9-11(15)8-12(16(20)21)6-10-2-1-3-13(18)7-10/h1-5,7,9,12H,6,8H2,(H,20,21). The number of carboxylic acid groups (broad SMARTS) is 1. The fourth-order valence-corrected chi connectivity index (χ4v) is 2.36. The van der Waals surface area contributed by atoms with Gasteiger partial charge in [0.25, 0.3) is 0 Å². The monoisotopic (exact) mass is 310 g/mol. The van der Waals surface area contributed by atoms with Crippen LogP contribution in [0.1, 0.15) is 11.1 Å². The lowest BCUT2D eigenvalue weighted by molar-refractivity contribution is -0.141. The van der Waals surface area contributed by atoms with Crippen LogP contribution in [-0.4, -0.2) is 11.1 Å². The van der Waals surface area contributed by atoms with Gasteiger partial charge in [-0.2, -0.15) is 0 Å². The van der Waals surface area contributed by atoms with E-state index in [2.05, 4.69) is 0 Å². The van der Waals surface area contributed by atoms with E-state index in [1.165, 1.54) is 36.4 Å². The molecule has 2 aromatic rings. The molecule has 1 unspecified atom stereocenters. The van der Waals surface area contributed by atoms with Crippen LogP contribution in [0.4, 0.5) is 8.78 Å². The molecule has 0 amide bonds. The Morgan fingerprint density at radius 2 is 1.81 bits per heavy atom. The first-order valence-corrected chi connectivity index (χ1v) is 6.74. The number of carboxylic acids is 1. The number of hydrogen-bond acceptors (Lipinski definition) is 1. The molecule has 2 aromatic carbocycles. The molecule has 110 valence electrons. The molecule has 0 heterocycles. The van der Waals surface area contributed by atoms with E-state index < -0.39 is 23.5 Å². The van der Waals surface area contributed by atoms with Gasteiger partial charge in [0.15, 0.2) is 0 Å². The van der Waals surface area contributed by atoms with E-state index in [0.717, 1.165) is 0 Å². The van der Waals surface area contributed by atoms with E-state index in [1.54, 1.807) is 6.07 Å². The van der Waals surface area contributed by atoms with Crippen LogP contribution in [-0.2, 0) is 17.6 Å². The van der Waals surface area contributed by atoms with E-state index in [4.69, 9.17) is 11.6 Å². The highest BCUT2D eigenvalue weighted by Crippen LogP contribution is 2.23. The molecule has 5 heteroatoms. The fourth-order valence-electron chi connectivity index (χ4n) is 2.16. The summed E-state index contributed by atoms with van der Waals surface area (Å²) in [7, 11) is 0. The van der Waals surface area contributed by atoms with Gasteiger partial charge < -0.3 is 5.11 Å². The Bertz CT molecular complexity index is 658. The number of hydrogen-bond donors (Lipinski definition) is 1. The van der Waals surface area contributed by atoms with Crippen molar-refractivity contribution >= 4 is 17.6 Å². The van der Waals surface area contributed by atoms with E-state index in [-0.39, 0.29) is 12.8 Å². The highest BCUT2D eigenvalue weighted by molar-refractivity contribution is 6.31. The molecule has 0 fully saturated rings. The first-order valence-electron chi connectivity index (χ1n) is 6.37. The van der Waals surface area contributed by atoms with E-state index in [9.17, 15) is 18.7 Å². The van der Waals surface area contributed by atoms with Crippen molar-refractivity contribution in [3.63, 3.8) is 0 Å². The average molecular weight is 311 g/mol. The number of carbonyl (C=O) groups is 1. The maximum Gasteiger partial charge on any atom is 0.307 e. The molecule has 0 aromatic heterocycles. The van der Waals surface area contributed by atoms with Crippen molar-refractivity contribution in [1.29, 1.82) is 0 Å². The molecule has 0 bridgehead atoms. The SMILES string of the molecule is O=C(O)C(Cc1cccc(F)c1)Cc1cc(F)ccc1Cl. The first-order chi connectivity index (χ1) is 9.95. The third kappa shape index (κ3) is 4.26. The van der Waals surface area contributed by atoms with Gasteiger partial charge in [-0.15, -0.1) is 0 Å². The summed E-state index contributed by atoms with van der Waals surface area (Å²) in [5.74, 6) is -2.71. The van der Waals surface area contributed by atoms with Crippen molar-refractivity contribution in [1.82, 2.24) is 0 Å². The van der Waals surface area contributed by atoms with Crippen molar-refractivity contribution in [2.45, 2.75) is 12.8 Å². The van der Waals surface area contributed by atoms with Gasteiger partial charge in [-0.05, 0) is 54.3 Å².